The van der Waals surface area contributed by atoms with Gasteiger partial charge >= 0.3 is 6.03 Å². The number of nitrogens with one attached hydrogen (secondary N) is 2. The Kier molecular flexibility index (Phi) is 4.60. The van der Waals surface area contributed by atoms with Crippen molar-refractivity contribution >= 4 is 11.8 Å². The smallest absolute Gasteiger partial charge is 0.320 e. The van der Waals surface area contributed by atoms with Crippen LogP contribution < -0.4 is 15.4 Å². The molecule has 0 unspecified atom stereocenters. The number of benzene rings is 1. The zero-order chi connectivity index (χ0) is 14.4. The normalized spacial score (nSPS) is 10.1. The topological polar surface area (TPSA) is 76.4 Å². The Morgan fingerprint density at radius 1 is 1.35 bits per heavy atom. The third-order valence-corrected chi connectivity index (χ3v) is 2.61. The van der Waals surface area contributed by atoms with Crippen molar-refractivity contribution in [1.82, 2.24) is 10.5 Å². The van der Waals surface area contributed by atoms with Gasteiger partial charge in [-0.2, -0.15) is 0 Å². The predicted molar refractivity (Wildman–Crippen MR) is 74.9 cm³/mol. The monoisotopic (exact) mass is 275 g/mol. The molecule has 0 spiro atoms. The Labute approximate surface area is 117 Å². The summed E-state index contributed by atoms with van der Waals surface area (Å²) in [5, 5.41) is 8.90. The number of anilines is 1. The number of aromatic nitrogens is 1. The van der Waals surface area contributed by atoms with E-state index in [4.69, 9.17) is 9.26 Å². The average molecular weight is 275 g/mol. The Balaban J connectivity index is 1.68. The molecule has 0 atom stereocenters. The van der Waals surface area contributed by atoms with Crippen molar-refractivity contribution in [3.63, 3.8) is 0 Å². The van der Waals surface area contributed by atoms with E-state index >= 15 is 0 Å². The minimum atomic E-state index is -0.341. The zero-order valence-electron chi connectivity index (χ0n) is 11.5. The maximum Gasteiger partial charge on any atom is 0.320 e. The summed E-state index contributed by atoms with van der Waals surface area (Å²) in [5.41, 5.74) is 1.06. The van der Waals surface area contributed by atoms with E-state index in [-0.39, 0.29) is 6.03 Å². The number of carbonyl (C=O) groups excluding carboxylic acids is 1. The van der Waals surface area contributed by atoms with Gasteiger partial charge in [-0.15, -0.1) is 0 Å². The van der Waals surface area contributed by atoms with Crippen molar-refractivity contribution < 1.29 is 14.1 Å². The van der Waals surface area contributed by atoms with E-state index in [1.807, 2.05) is 31.2 Å². The summed E-state index contributed by atoms with van der Waals surface area (Å²) in [6.45, 7) is 4.53. The molecular formula is C14H17N3O3. The molecule has 0 saturated carbocycles. The lowest BCUT2D eigenvalue weighted by Gasteiger charge is -2.09. The summed E-state index contributed by atoms with van der Waals surface area (Å²) in [6.07, 6.45) is 0. The standard InChI is InChI=1S/C14H17N3O3/c1-10-5-3-4-6-12(10)19-8-7-15-14(18)16-13-9-11(2)20-17-13/h3-6,9H,7-8H2,1-2H3,(H2,15,16,17,18). The largest absolute Gasteiger partial charge is 0.491 e. The fraction of sp³-hybridized carbons (Fsp3) is 0.286. The number of ether oxygens (including phenoxy) is 1. The number of aryl methyl sites for hydroxylation is 2. The molecule has 0 aliphatic heterocycles. The lowest BCUT2D eigenvalue weighted by molar-refractivity contribution is 0.247. The van der Waals surface area contributed by atoms with E-state index in [1.54, 1.807) is 13.0 Å². The van der Waals surface area contributed by atoms with Crippen molar-refractivity contribution in [1.29, 1.82) is 0 Å². The second kappa shape index (κ2) is 6.60. The van der Waals surface area contributed by atoms with Crippen LogP contribution in [0.5, 0.6) is 5.75 Å². The van der Waals surface area contributed by atoms with Crippen LogP contribution in [0.4, 0.5) is 10.6 Å². The highest BCUT2D eigenvalue weighted by Crippen LogP contribution is 2.15. The summed E-state index contributed by atoms with van der Waals surface area (Å²) < 4.78 is 10.4. The molecule has 1 aromatic carbocycles. The number of urea groups is 1. The molecule has 20 heavy (non-hydrogen) atoms. The van der Waals surface area contributed by atoms with Crippen LogP contribution in [0.1, 0.15) is 11.3 Å². The third kappa shape index (κ3) is 4.01. The van der Waals surface area contributed by atoms with Crippen molar-refractivity contribution in [2.45, 2.75) is 13.8 Å². The van der Waals surface area contributed by atoms with Crippen molar-refractivity contribution in [3.8, 4) is 5.75 Å². The number of carbonyl (C=O) groups is 1. The third-order valence-electron chi connectivity index (χ3n) is 2.61. The van der Waals surface area contributed by atoms with Crippen molar-refractivity contribution in [2.24, 2.45) is 0 Å². The first-order chi connectivity index (χ1) is 9.65. The predicted octanol–water partition coefficient (Wildman–Crippen LogP) is 2.49. The van der Waals surface area contributed by atoms with E-state index in [0.717, 1.165) is 11.3 Å². The highest BCUT2D eigenvalue weighted by molar-refractivity contribution is 5.88. The van der Waals surface area contributed by atoms with E-state index in [2.05, 4.69) is 15.8 Å². The first kappa shape index (κ1) is 13.9. The average Bonchev–Trinajstić information content (AvgIpc) is 2.82. The Morgan fingerprint density at radius 2 is 2.15 bits per heavy atom. The molecule has 0 radical (unpaired) electrons. The molecule has 1 aromatic heterocycles. The Morgan fingerprint density at radius 3 is 2.85 bits per heavy atom. The van der Waals surface area contributed by atoms with Gasteiger partial charge in [-0.25, -0.2) is 4.79 Å². The summed E-state index contributed by atoms with van der Waals surface area (Å²) in [7, 11) is 0. The molecular weight excluding hydrogens is 258 g/mol. The summed E-state index contributed by atoms with van der Waals surface area (Å²) >= 11 is 0. The Bertz CT molecular complexity index is 581. The molecule has 0 fully saturated rings. The molecule has 2 rings (SSSR count). The van der Waals surface area contributed by atoms with E-state index in [9.17, 15) is 4.79 Å². The van der Waals surface area contributed by atoms with Crippen LogP contribution in [0, 0.1) is 13.8 Å². The second-order valence-electron chi connectivity index (χ2n) is 4.32. The van der Waals surface area contributed by atoms with Gasteiger partial charge in [-0.05, 0) is 25.5 Å². The van der Waals surface area contributed by atoms with Crippen LogP contribution in [0.15, 0.2) is 34.9 Å². The fourth-order valence-corrected chi connectivity index (χ4v) is 1.63. The molecule has 106 valence electrons. The van der Waals surface area contributed by atoms with E-state index in [0.29, 0.717) is 24.7 Å². The van der Waals surface area contributed by atoms with Gasteiger partial charge in [0.2, 0.25) is 0 Å². The van der Waals surface area contributed by atoms with Gasteiger partial charge in [0.25, 0.3) is 0 Å². The molecule has 0 aliphatic rings. The molecule has 2 aromatic rings. The van der Waals surface area contributed by atoms with Crippen LogP contribution in [0.25, 0.3) is 0 Å². The number of para-hydroxylation sites is 1. The molecule has 6 nitrogen and oxygen atoms in total. The van der Waals surface area contributed by atoms with Gasteiger partial charge in [0.05, 0.1) is 6.54 Å². The van der Waals surface area contributed by atoms with Gasteiger partial charge in [-0.1, -0.05) is 23.4 Å². The lowest BCUT2D eigenvalue weighted by atomic mass is 10.2. The minimum Gasteiger partial charge on any atom is -0.491 e. The number of hydrogen-bond acceptors (Lipinski definition) is 4. The highest BCUT2D eigenvalue weighted by atomic mass is 16.5. The van der Waals surface area contributed by atoms with Crippen LogP contribution >= 0.6 is 0 Å². The number of rotatable bonds is 5. The van der Waals surface area contributed by atoms with Gasteiger partial charge in [0.15, 0.2) is 5.82 Å². The molecule has 2 amide bonds. The molecule has 6 heteroatoms. The van der Waals surface area contributed by atoms with E-state index < -0.39 is 0 Å². The molecule has 0 saturated heterocycles. The van der Waals surface area contributed by atoms with Crippen molar-refractivity contribution in [2.75, 3.05) is 18.5 Å². The lowest BCUT2D eigenvalue weighted by Crippen LogP contribution is -2.32. The molecule has 0 bridgehead atoms. The maximum atomic E-state index is 11.5. The summed E-state index contributed by atoms with van der Waals surface area (Å²) in [4.78, 5) is 11.5. The minimum absolute atomic E-state index is 0.341. The van der Waals surface area contributed by atoms with Gasteiger partial charge in [0, 0.05) is 6.07 Å². The molecule has 1 heterocycles. The van der Waals surface area contributed by atoms with Crippen LogP contribution in [0.3, 0.4) is 0 Å². The number of hydrogen-bond donors (Lipinski definition) is 2. The summed E-state index contributed by atoms with van der Waals surface area (Å²) in [6, 6.07) is 9.04. The fourth-order valence-electron chi connectivity index (χ4n) is 1.63. The van der Waals surface area contributed by atoms with Crippen LogP contribution in [-0.2, 0) is 0 Å². The quantitative estimate of drug-likeness (QED) is 0.822. The first-order valence-electron chi connectivity index (χ1n) is 6.32. The Hall–Kier alpha value is -2.50. The molecule has 0 aliphatic carbocycles. The van der Waals surface area contributed by atoms with Gasteiger partial charge < -0.3 is 14.6 Å². The first-order valence-corrected chi connectivity index (χ1v) is 6.32. The van der Waals surface area contributed by atoms with Crippen molar-refractivity contribution in [3.05, 3.63) is 41.7 Å². The zero-order valence-corrected chi connectivity index (χ0v) is 11.5. The van der Waals surface area contributed by atoms with E-state index in [1.165, 1.54) is 0 Å². The van der Waals surface area contributed by atoms with Crippen LogP contribution in [0.2, 0.25) is 0 Å². The summed E-state index contributed by atoms with van der Waals surface area (Å²) in [5.74, 6) is 1.85. The van der Waals surface area contributed by atoms with Gasteiger partial charge in [0.1, 0.15) is 18.1 Å². The van der Waals surface area contributed by atoms with Gasteiger partial charge in [-0.3, -0.25) is 5.32 Å². The molecule has 2 N–H and O–H groups in total. The number of amides is 2. The second-order valence-corrected chi connectivity index (χ2v) is 4.32. The highest BCUT2D eigenvalue weighted by Gasteiger charge is 2.05. The van der Waals surface area contributed by atoms with Crippen LogP contribution in [-0.4, -0.2) is 24.3 Å². The maximum absolute atomic E-state index is 11.5. The SMILES string of the molecule is Cc1cc(NC(=O)NCCOc2ccccc2C)no1. The number of nitrogens with zero attached hydrogens (tertiary/aromatic N) is 1.